The van der Waals surface area contributed by atoms with Gasteiger partial charge in [-0.1, -0.05) is 0 Å². The van der Waals surface area contributed by atoms with Crippen molar-refractivity contribution in [1.29, 1.82) is 0 Å². The van der Waals surface area contributed by atoms with Gasteiger partial charge in [0.15, 0.2) is 0 Å². The third-order valence-electron chi connectivity index (χ3n) is 3.35. The highest BCUT2D eigenvalue weighted by Gasteiger charge is 2.22. The molecule has 0 amide bonds. The Hall–Kier alpha value is -1.20. The van der Waals surface area contributed by atoms with Gasteiger partial charge in [-0.2, -0.15) is 0 Å². The van der Waals surface area contributed by atoms with Gasteiger partial charge in [0, 0.05) is 43.7 Å². The minimum absolute atomic E-state index is 0.307. The lowest BCUT2D eigenvalue weighted by Gasteiger charge is -2.32. The highest BCUT2D eigenvalue weighted by atomic mass is 16.5. The maximum absolute atomic E-state index is 5.69. The number of nitrogens with two attached hydrogens (primary N) is 1. The largest absolute Gasteiger partial charge is 0.377 e. The molecule has 1 aromatic heterocycles. The predicted octanol–water partition coefficient (Wildman–Crippen LogP) is 1.25. The molecular formula is C13H22N4O. The maximum Gasteiger partial charge on any atom is 0.225 e. The van der Waals surface area contributed by atoms with Crippen LogP contribution in [0.4, 0.5) is 5.95 Å². The van der Waals surface area contributed by atoms with E-state index in [4.69, 9.17) is 10.5 Å². The standard InChI is InChI=1S/C13H22N4O/c1-3-18-12-5-4-6-17(9-12)13-15-8-11(7-14)10(2)16-13/h8,12H,3-7,9,14H2,1-2H3. The van der Waals surface area contributed by atoms with Crippen LogP contribution in [0, 0.1) is 6.92 Å². The average molecular weight is 250 g/mol. The van der Waals surface area contributed by atoms with Crippen LogP contribution >= 0.6 is 0 Å². The summed E-state index contributed by atoms with van der Waals surface area (Å²) in [5.74, 6) is 0.800. The number of nitrogens with zero attached hydrogens (tertiary/aromatic N) is 3. The van der Waals surface area contributed by atoms with Gasteiger partial charge in [-0.3, -0.25) is 0 Å². The number of anilines is 1. The Morgan fingerprint density at radius 1 is 1.56 bits per heavy atom. The second-order valence-corrected chi connectivity index (χ2v) is 4.65. The molecule has 1 aliphatic rings. The number of aryl methyl sites for hydroxylation is 1. The number of rotatable bonds is 4. The van der Waals surface area contributed by atoms with Crippen LogP contribution in [0.15, 0.2) is 6.20 Å². The van der Waals surface area contributed by atoms with Gasteiger partial charge in [0.1, 0.15) is 0 Å². The Morgan fingerprint density at radius 2 is 2.39 bits per heavy atom. The van der Waals surface area contributed by atoms with Crippen LogP contribution in [0.5, 0.6) is 0 Å². The molecule has 2 heterocycles. The molecule has 1 unspecified atom stereocenters. The lowest BCUT2D eigenvalue weighted by atomic mass is 10.1. The summed E-state index contributed by atoms with van der Waals surface area (Å²) < 4.78 is 5.69. The summed E-state index contributed by atoms with van der Waals surface area (Å²) in [6, 6.07) is 0. The van der Waals surface area contributed by atoms with Crippen LogP contribution < -0.4 is 10.6 Å². The summed E-state index contributed by atoms with van der Waals surface area (Å²) in [7, 11) is 0. The molecule has 100 valence electrons. The molecule has 18 heavy (non-hydrogen) atoms. The van der Waals surface area contributed by atoms with Crippen molar-refractivity contribution in [1.82, 2.24) is 9.97 Å². The van der Waals surface area contributed by atoms with Crippen molar-refractivity contribution < 1.29 is 4.74 Å². The molecule has 0 aliphatic carbocycles. The van der Waals surface area contributed by atoms with E-state index in [0.29, 0.717) is 12.6 Å². The van der Waals surface area contributed by atoms with Crippen molar-refractivity contribution in [3.63, 3.8) is 0 Å². The molecule has 1 saturated heterocycles. The summed E-state index contributed by atoms with van der Waals surface area (Å²) >= 11 is 0. The Labute approximate surface area is 108 Å². The first-order valence-corrected chi connectivity index (χ1v) is 6.63. The van der Waals surface area contributed by atoms with Gasteiger partial charge < -0.3 is 15.4 Å². The fourth-order valence-electron chi connectivity index (χ4n) is 2.32. The lowest BCUT2D eigenvalue weighted by Crippen LogP contribution is -2.40. The van der Waals surface area contributed by atoms with Crippen molar-refractivity contribution >= 4 is 5.95 Å². The van der Waals surface area contributed by atoms with Crippen LogP contribution in [-0.4, -0.2) is 35.8 Å². The van der Waals surface area contributed by atoms with Gasteiger partial charge in [0.25, 0.3) is 0 Å². The zero-order valence-electron chi connectivity index (χ0n) is 11.2. The van der Waals surface area contributed by atoms with E-state index >= 15 is 0 Å². The first-order valence-electron chi connectivity index (χ1n) is 6.63. The molecule has 0 spiro atoms. The van der Waals surface area contributed by atoms with Gasteiger partial charge in [-0.15, -0.1) is 0 Å². The second-order valence-electron chi connectivity index (χ2n) is 4.65. The highest BCUT2D eigenvalue weighted by Crippen LogP contribution is 2.18. The molecule has 1 atom stereocenters. The van der Waals surface area contributed by atoms with Crippen molar-refractivity contribution in [3.8, 4) is 0 Å². The summed E-state index contributed by atoms with van der Waals surface area (Å²) in [6.07, 6.45) is 4.40. The van der Waals surface area contributed by atoms with Gasteiger partial charge in [0.2, 0.25) is 5.95 Å². The van der Waals surface area contributed by atoms with Crippen LogP contribution in [0.3, 0.4) is 0 Å². The molecule has 2 rings (SSSR count). The molecule has 0 saturated carbocycles. The van der Waals surface area contributed by atoms with E-state index in [2.05, 4.69) is 14.9 Å². The number of hydrogen-bond donors (Lipinski definition) is 1. The Bertz CT molecular complexity index is 395. The monoisotopic (exact) mass is 250 g/mol. The molecule has 1 aliphatic heterocycles. The van der Waals surface area contributed by atoms with E-state index in [1.165, 1.54) is 0 Å². The minimum atomic E-state index is 0.307. The Kier molecular flexibility index (Phi) is 4.49. The first kappa shape index (κ1) is 13.2. The van der Waals surface area contributed by atoms with E-state index in [0.717, 1.165) is 49.7 Å². The van der Waals surface area contributed by atoms with E-state index in [1.54, 1.807) is 0 Å². The fraction of sp³-hybridized carbons (Fsp3) is 0.692. The highest BCUT2D eigenvalue weighted by molar-refractivity contribution is 5.33. The molecule has 1 fully saturated rings. The SMILES string of the molecule is CCOC1CCCN(c2ncc(CN)c(C)n2)C1. The number of ether oxygens (including phenoxy) is 1. The smallest absolute Gasteiger partial charge is 0.225 e. The summed E-state index contributed by atoms with van der Waals surface area (Å²) in [5.41, 5.74) is 7.61. The average Bonchev–Trinajstić information content (AvgIpc) is 2.39. The van der Waals surface area contributed by atoms with E-state index in [-0.39, 0.29) is 0 Å². The van der Waals surface area contributed by atoms with Crippen LogP contribution in [0.2, 0.25) is 0 Å². The van der Waals surface area contributed by atoms with Gasteiger partial charge in [-0.05, 0) is 26.7 Å². The first-order chi connectivity index (χ1) is 8.74. The van der Waals surface area contributed by atoms with Crippen molar-refractivity contribution in [3.05, 3.63) is 17.5 Å². The second kappa shape index (κ2) is 6.11. The van der Waals surface area contributed by atoms with Crippen LogP contribution in [-0.2, 0) is 11.3 Å². The van der Waals surface area contributed by atoms with E-state index < -0.39 is 0 Å². The maximum atomic E-state index is 5.69. The fourth-order valence-corrected chi connectivity index (χ4v) is 2.32. The number of aromatic nitrogens is 2. The molecule has 0 aromatic carbocycles. The molecule has 1 aromatic rings. The van der Waals surface area contributed by atoms with E-state index in [1.807, 2.05) is 20.0 Å². The van der Waals surface area contributed by atoms with Gasteiger partial charge in [0.05, 0.1) is 6.10 Å². The van der Waals surface area contributed by atoms with Gasteiger partial charge in [-0.25, -0.2) is 9.97 Å². The normalized spacial score (nSPS) is 20.2. The third kappa shape index (κ3) is 2.97. The molecule has 5 nitrogen and oxygen atoms in total. The van der Waals surface area contributed by atoms with Crippen LogP contribution in [0.25, 0.3) is 0 Å². The molecule has 5 heteroatoms. The summed E-state index contributed by atoms with van der Waals surface area (Å²) in [4.78, 5) is 11.2. The van der Waals surface area contributed by atoms with Crippen molar-refractivity contribution in [2.24, 2.45) is 5.73 Å². The summed E-state index contributed by atoms with van der Waals surface area (Å²) in [6.45, 7) is 7.17. The topological polar surface area (TPSA) is 64.3 Å². The van der Waals surface area contributed by atoms with Crippen molar-refractivity contribution in [2.45, 2.75) is 39.3 Å². The Morgan fingerprint density at radius 3 is 3.06 bits per heavy atom. The Balaban J connectivity index is 2.08. The van der Waals surface area contributed by atoms with E-state index in [9.17, 15) is 0 Å². The quantitative estimate of drug-likeness (QED) is 0.871. The number of piperidine rings is 1. The molecule has 2 N–H and O–H groups in total. The summed E-state index contributed by atoms with van der Waals surface area (Å²) in [5, 5.41) is 0. The number of hydrogen-bond acceptors (Lipinski definition) is 5. The lowest BCUT2D eigenvalue weighted by molar-refractivity contribution is 0.0523. The zero-order valence-corrected chi connectivity index (χ0v) is 11.2. The molecule has 0 bridgehead atoms. The minimum Gasteiger partial charge on any atom is -0.377 e. The van der Waals surface area contributed by atoms with Gasteiger partial charge >= 0.3 is 0 Å². The van der Waals surface area contributed by atoms with Crippen LogP contribution in [0.1, 0.15) is 31.0 Å². The molecular weight excluding hydrogens is 228 g/mol. The predicted molar refractivity (Wildman–Crippen MR) is 71.5 cm³/mol. The third-order valence-corrected chi connectivity index (χ3v) is 3.35. The zero-order chi connectivity index (χ0) is 13.0. The molecule has 0 radical (unpaired) electrons. The van der Waals surface area contributed by atoms with Crippen molar-refractivity contribution in [2.75, 3.05) is 24.6 Å².